The van der Waals surface area contributed by atoms with E-state index in [1.54, 1.807) is 0 Å². The van der Waals surface area contributed by atoms with Crippen molar-refractivity contribution in [3.05, 3.63) is 168 Å². The lowest BCUT2D eigenvalue weighted by atomic mass is 9.98. The van der Waals surface area contributed by atoms with Gasteiger partial charge in [0.05, 0.1) is 22.5 Å². The van der Waals surface area contributed by atoms with E-state index in [4.69, 9.17) is 9.97 Å². The summed E-state index contributed by atoms with van der Waals surface area (Å²) in [6, 6.07) is 42.8. The fourth-order valence-electron chi connectivity index (χ4n) is 5.88. The first-order valence-electron chi connectivity index (χ1n) is 16.0. The van der Waals surface area contributed by atoms with Crippen LogP contribution in [0.25, 0.3) is 67.3 Å². The SMILES string of the molecule is Cc1ccc(-c2cccc(-c3nc(-c4cccc(-c5ccc(C(F)(F)F)cc5)c4)cc(-c4cccc(-c5ccc(C(F)(F)F)cc5)c4)n3)c2)cc1. The number of aryl methyl sites for hydroxylation is 1. The van der Waals surface area contributed by atoms with Crippen LogP contribution in [-0.2, 0) is 12.4 Å². The Morgan fingerprint density at radius 2 is 0.686 bits per heavy atom. The zero-order valence-corrected chi connectivity index (χ0v) is 27.1. The van der Waals surface area contributed by atoms with Crippen LogP contribution in [0, 0.1) is 6.92 Å². The zero-order valence-electron chi connectivity index (χ0n) is 27.1. The second-order valence-corrected chi connectivity index (χ2v) is 12.2. The first-order chi connectivity index (χ1) is 24.4. The number of alkyl halides is 6. The van der Waals surface area contributed by atoms with Gasteiger partial charge in [-0.15, -0.1) is 0 Å². The molecule has 0 amide bonds. The van der Waals surface area contributed by atoms with E-state index >= 15 is 0 Å². The summed E-state index contributed by atoms with van der Waals surface area (Å²) < 4.78 is 79.4. The van der Waals surface area contributed by atoms with Crippen molar-refractivity contribution in [3.63, 3.8) is 0 Å². The maximum absolute atomic E-state index is 13.2. The van der Waals surface area contributed by atoms with Gasteiger partial charge < -0.3 is 0 Å². The van der Waals surface area contributed by atoms with Gasteiger partial charge in [-0.25, -0.2) is 9.97 Å². The Hall–Kier alpha value is -6.02. The number of benzene rings is 6. The summed E-state index contributed by atoms with van der Waals surface area (Å²) in [5, 5.41) is 0. The topological polar surface area (TPSA) is 25.8 Å². The Bertz CT molecular complexity index is 2200. The molecule has 0 saturated heterocycles. The van der Waals surface area contributed by atoms with Gasteiger partial charge in [0.1, 0.15) is 0 Å². The fraction of sp³-hybridized carbons (Fsp3) is 0.0698. The van der Waals surface area contributed by atoms with Crippen molar-refractivity contribution in [2.24, 2.45) is 0 Å². The Morgan fingerprint density at radius 1 is 0.353 bits per heavy atom. The highest BCUT2D eigenvalue weighted by molar-refractivity contribution is 5.79. The molecule has 0 spiro atoms. The van der Waals surface area contributed by atoms with Crippen LogP contribution in [0.1, 0.15) is 16.7 Å². The van der Waals surface area contributed by atoms with Crippen LogP contribution in [0.2, 0.25) is 0 Å². The van der Waals surface area contributed by atoms with Gasteiger partial charge in [0.15, 0.2) is 5.82 Å². The summed E-state index contributed by atoms with van der Waals surface area (Å²) in [5.41, 5.74) is 7.79. The van der Waals surface area contributed by atoms with E-state index in [1.165, 1.54) is 24.3 Å². The molecule has 252 valence electrons. The summed E-state index contributed by atoms with van der Waals surface area (Å²) in [6.45, 7) is 2.03. The van der Waals surface area contributed by atoms with E-state index in [-0.39, 0.29) is 0 Å². The van der Waals surface area contributed by atoms with Gasteiger partial charge in [0.2, 0.25) is 0 Å². The molecule has 6 aromatic carbocycles. The minimum absolute atomic E-state index is 0.455. The third-order valence-corrected chi connectivity index (χ3v) is 8.64. The molecule has 0 aliphatic rings. The summed E-state index contributed by atoms with van der Waals surface area (Å²) in [7, 11) is 0. The standard InChI is InChI=1S/C43H28F6N2/c1-27-11-13-28(14-12-27)33-7-4-10-36(25-33)41-50-39(34-8-2-5-31(23-34)29-15-19-37(20-16-29)42(44,45)46)26-40(51-41)35-9-3-6-32(24-35)30-17-21-38(22-18-30)43(47,48)49/h2-26H,1H3. The Kier molecular flexibility index (Phi) is 8.77. The number of hydrogen-bond acceptors (Lipinski definition) is 2. The largest absolute Gasteiger partial charge is 0.416 e. The van der Waals surface area contributed by atoms with Crippen LogP contribution in [-0.4, -0.2) is 9.97 Å². The minimum Gasteiger partial charge on any atom is -0.228 e. The van der Waals surface area contributed by atoms with Crippen LogP contribution < -0.4 is 0 Å². The first kappa shape index (κ1) is 33.5. The van der Waals surface area contributed by atoms with Gasteiger partial charge in [0.25, 0.3) is 0 Å². The van der Waals surface area contributed by atoms with Crippen molar-refractivity contribution in [2.75, 3.05) is 0 Å². The highest BCUT2D eigenvalue weighted by Gasteiger charge is 2.30. The van der Waals surface area contributed by atoms with Crippen LogP contribution in [0.4, 0.5) is 26.3 Å². The van der Waals surface area contributed by atoms with Gasteiger partial charge >= 0.3 is 12.4 Å². The van der Waals surface area contributed by atoms with Crippen molar-refractivity contribution >= 4 is 0 Å². The lowest BCUT2D eigenvalue weighted by molar-refractivity contribution is -0.138. The van der Waals surface area contributed by atoms with E-state index in [0.717, 1.165) is 57.6 Å². The molecule has 0 aliphatic heterocycles. The first-order valence-corrected chi connectivity index (χ1v) is 16.0. The van der Waals surface area contributed by atoms with Crippen molar-refractivity contribution in [1.82, 2.24) is 9.97 Å². The molecule has 0 N–H and O–H groups in total. The fourth-order valence-corrected chi connectivity index (χ4v) is 5.88. The van der Waals surface area contributed by atoms with Crippen molar-refractivity contribution < 1.29 is 26.3 Å². The molecule has 0 bridgehead atoms. The molecule has 7 rings (SSSR count). The van der Waals surface area contributed by atoms with Gasteiger partial charge in [-0.2, -0.15) is 26.3 Å². The predicted molar refractivity (Wildman–Crippen MR) is 189 cm³/mol. The van der Waals surface area contributed by atoms with Crippen molar-refractivity contribution in [1.29, 1.82) is 0 Å². The van der Waals surface area contributed by atoms with Crippen molar-refractivity contribution in [2.45, 2.75) is 19.3 Å². The number of nitrogens with zero attached hydrogens (tertiary/aromatic N) is 2. The quantitative estimate of drug-likeness (QED) is 0.163. The number of rotatable bonds is 6. The van der Waals surface area contributed by atoms with Gasteiger partial charge in [-0.1, -0.05) is 109 Å². The molecule has 8 heteroatoms. The molecule has 0 radical (unpaired) electrons. The summed E-state index contributed by atoms with van der Waals surface area (Å²) in [6.07, 6.45) is -8.87. The summed E-state index contributed by atoms with van der Waals surface area (Å²) in [5.74, 6) is 0.455. The summed E-state index contributed by atoms with van der Waals surface area (Å²) >= 11 is 0. The normalized spacial score (nSPS) is 11.8. The molecule has 0 saturated carbocycles. The maximum Gasteiger partial charge on any atom is 0.416 e. The lowest BCUT2D eigenvalue weighted by Gasteiger charge is -2.13. The van der Waals surface area contributed by atoms with Crippen LogP contribution >= 0.6 is 0 Å². The molecule has 7 aromatic rings. The predicted octanol–water partition coefficient (Wildman–Crippen LogP) is 12.8. The van der Waals surface area contributed by atoms with Gasteiger partial charge in [-0.3, -0.25) is 0 Å². The second-order valence-electron chi connectivity index (χ2n) is 12.2. The average molecular weight is 687 g/mol. The molecular formula is C43H28F6N2. The molecule has 0 fully saturated rings. The monoisotopic (exact) mass is 686 g/mol. The number of aromatic nitrogens is 2. The third kappa shape index (κ3) is 7.45. The van der Waals surface area contributed by atoms with E-state index in [2.05, 4.69) is 12.1 Å². The molecule has 2 nitrogen and oxygen atoms in total. The average Bonchev–Trinajstić information content (AvgIpc) is 3.14. The van der Waals surface area contributed by atoms with Crippen LogP contribution in [0.3, 0.4) is 0 Å². The van der Waals surface area contributed by atoms with Crippen LogP contribution in [0.5, 0.6) is 0 Å². The number of hydrogen-bond donors (Lipinski definition) is 0. The molecule has 51 heavy (non-hydrogen) atoms. The third-order valence-electron chi connectivity index (χ3n) is 8.64. The van der Waals surface area contributed by atoms with Crippen LogP contribution in [0.15, 0.2) is 152 Å². The lowest BCUT2D eigenvalue weighted by Crippen LogP contribution is -2.04. The van der Waals surface area contributed by atoms with E-state index in [1.807, 2.05) is 97.9 Å². The van der Waals surface area contributed by atoms with E-state index < -0.39 is 23.5 Å². The smallest absolute Gasteiger partial charge is 0.228 e. The molecule has 1 heterocycles. The number of halogens is 6. The molecule has 0 aliphatic carbocycles. The minimum atomic E-state index is -4.44. The second kappa shape index (κ2) is 13.4. The molecule has 1 aromatic heterocycles. The van der Waals surface area contributed by atoms with Gasteiger partial charge in [-0.05, 0) is 88.8 Å². The molecular weight excluding hydrogens is 658 g/mol. The Morgan fingerprint density at radius 3 is 1.08 bits per heavy atom. The Labute approximate surface area is 290 Å². The Balaban J connectivity index is 1.33. The van der Waals surface area contributed by atoms with E-state index in [9.17, 15) is 26.3 Å². The maximum atomic E-state index is 13.2. The summed E-state index contributed by atoms with van der Waals surface area (Å²) in [4.78, 5) is 9.95. The molecule has 0 unspecified atom stereocenters. The van der Waals surface area contributed by atoms with Gasteiger partial charge in [0, 0.05) is 16.7 Å². The van der Waals surface area contributed by atoms with Crippen molar-refractivity contribution in [3.8, 4) is 67.3 Å². The molecule has 0 atom stereocenters. The zero-order chi connectivity index (χ0) is 35.8. The van der Waals surface area contributed by atoms with E-state index in [0.29, 0.717) is 39.5 Å². The highest BCUT2D eigenvalue weighted by Crippen LogP contribution is 2.36. The highest BCUT2D eigenvalue weighted by atomic mass is 19.4.